The van der Waals surface area contributed by atoms with Gasteiger partial charge in [0, 0.05) is 6.54 Å². The van der Waals surface area contributed by atoms with Gasteiger partial charge in [0.25, 0.3) is 0 Å². The Bertz CT molecular complexity index is 845. The highest BCUT2D eigenvalue weighted by atomic mass is 32.2. The lowest BCUT2D eigenvalue weighted by Gasteiger charge is -2.27. The summed E-state index contributed by atoms with van der Waals surface area (Å²) in [6.07, 6.45) is -3.08. The van der Waals surface area contributed by atoms with Crippen molar-refractivity contribution >= 4 is 10.0 Å². The summed E-state index contributed by atoms with van der Waals surface area (Å²) < 4.78 is 78.4. The lowest BCUT2D eigenvalue weighted by molar-refractivity contribution is -0.140. The smallest absolute Gasteiger partial charge is 0.281 e. The molecule has 1 aliphatic rings. The Morgan fingerprint density at radius 1 is 1.26 bits per heavy atom. The molecule has 2 heterocycles. The first-order valence-electron chi connectivity index (χ1n) is 6.57. The second-order valence-corrected chi connectivity index (χ2v) is 7.01. The van der Waals surface area contributed by atoms with Crippen molar-refractivity contribution in [3.05, 3.63) is 47.0 Å². The molecule has 0 saturated heterocycles. The topological polar surface area (TPSA) is 66.1 Å². The predicted octanol–water partition coefficient (Wildman–Crippen LogP) is 2.31. The van der Waals surface area contributed by atoms with Gasteiger partial charge in [-0.15, -0.1) is 0 Å². The molecule has 0 aliphatic carbocycles. The van der Waals surface area contributed by atoms with Gasteiger partial charge < -0.3 is 0 Å². The molecule has 2 aromatic rings. The number of nitrogens with one attached hydrogen (secondary N) is 1. The molecule has 0 fully saturated rings. The molecule has 10 heteroatoms. The summed E-state index contributed by atoms with van der Waals surface area (Å²) in [6.45, 7) is -0.0735. The molecule has 3 rings (SSSR count). The van der Waals surface area contributed by atoms with Crippen LogP contribution in [0.3, 0.4) is 0 Å². The van der Waals surface area contributed by atoms with Crippen LogP contribution in [-0.4, -0.2) is 29.5 Å². The third-order valence-electron chi connectivity index (χ3n) is 3.64. The zero-order valence-corrected chi connectivity index (χ0v) is 12.4. The zero-order chi connectivity index (χ0) is 16.8. The number of rotatable bonds is 2. The van der Waals surface area contributed by atoms with Gasteiger partial charge in [-0.25, -0.2) is 12.8 Å². The molecular formula is C13H11F4N3O2S. The van der Waals surface area contributed by atoms with Crippen molar-refractivity contribution in [3.63, 3.8) is 0 Å². The summed E-state index contributed by atoms with van der Waals surface area (Å²) in [5.41, 5.74) is -0.144. The highest BCUT2D eigenvalue weighted by molar-refractivity contribution is 7.89. The van der Waals surface area contributed by atoms with Crippen molar-refractivity contribution in [2.45, 2.75) is 24.0 Å². The molecular weight excluding hydrogens is 338 g/mol. The van der Waals surface area contributed by atoms with E-state index in [1.807, 2.05) is 0 Å². The average molecular weight is 349 g/mol. The Kier molecular flexibility index (Phi) is 3.68. The molecule has 124 valence electrons. The number of alkyl halides is 3. The summed E-state index contributed by atoms with van der Waals surface area (Å²) >= 11 is 0. The lowest BCUT2D eigenvalue weighted by atomic mass is 10.1. The van der Waals surface area contributed by atoms with Crippen molar-refractivity contribution in [2.24, 2.45) is 0 Å². The Morgan fingerprint density at radius 2 is 2.00 bits per heavy atom. The first-order valence-corrected chi connectivity index (χ1v) is 8.01. The minimum atomic E-state index is -4.97. The Balaban J connectivity index is 2.05. The van der Waals surface area contributed by atoms with Crippen LogP contribution in [-0.2, 0) is 29.2 Å². The molecule has 1 N–H and O–H groups in total. The number of benzene rings is 1. The van der Waals surface area contributed by atoms with Crippen LogP contribution in [0.15, 0.2) is 29.3 Å². The van der Waals surface area contributed by atoms with Gasteiger partial charge in [-0.1, -0.05) is 0 Å². The van der Waals surface area contributed by atoms with Crippen LogP contribution >= 0.6 is 0 Å². The molecule has 0 bridgehead atoms. The van der Waals surface area contributed by atoms with Gasteiger partial charge in [0.15, 0.2) is 0 Å². The van der Waals surface area contributed by atoms with Gasteiger partial charge in [0.1, 0.15) is 5.82 Å². The second kappa shape index (κ2) is 5.31. The minimum absolute atomic E-state index is 0.0313. The molecule has 5 nitrogen and oxygen atoms in total. The summed E-state index contributed by atoms with van der Waals surface area (Å²) in [4.78, 5) is -0.950. The highest BCUT2D eigenvalue weighted by Gasteiger charge is 2.40. The Hall–Kier alpha value is -1.94. The van der Waals surface area contributed by atoms with Gasteiger partial charge in [-0.2, -0.15) is 22.6 Å². The molecule has 0 spiro atoms. The van der Waals surface area contributed by atoms with Gasteiger partial charge in [0.2, 0.25) is 10.0 Å². The molecule has 0 radical (unpaired) electrons. The lowest BCUT2D eigenvalue weighted by Crippen LogP contribution is -2.36. The number of hydrogen-bond donors (Lipinski definition) is 1. The number of aromatic nitrogens is 2. The van der Waals surface area contributed by atoms with Crippen LogP contribution < -0.4 is 0 Å². The van der Waals surface area contributed by atoms with E-state index in [1.165, 1.54) is 0 Å². The van der Waals surface area contributed by atoms with E-state index < -0.39 is 32.5 Å². The maximum atomic E-state index is 13.1. The van der Waals surface area contributed by atoms with E-state index in [2.05, 4.69) is 10.2 Å². The monoisotopic (exact) mass is 349 g/mol. The number of nitrogens with zero attached hydrogens (tertiary/aromatic N) is 2. The van der Waals surface area contributed by atoms with E-state index in [4.69, 9.17) is 0 Å². The van der Waals surface area contributed by atoms with E-state index in [1.54, 1.807) is 6.20 Å². The van der Waals surface area contributed by atoms with E-state index in [0.717, 1.165) is 9.87 Å². The molecule has 1 aromatic heterocycles. The quantitative estimate of drug-likeness (QED) is 0.846. The summed E-state index contributed by atoms with van der Waals surface area (Å²) in [7, 11) is -4.41. The van der Waals surface area contributed by atoms with Crippen LogP contribution in [0, 0.1) is 5.82 Å². The number of aromatic amines is 1. The van der Waals surface area contributed by atoms with Crippen LogP contribution in [0.1, 0.15) is 16.8 Å². The fourth-order valence-electron chi connectivity index (χ4n) is 2.48. The van der Waals surface area contributed by atoms with Gasteiger partial charge in [-0.05, 0) is 30.2 Å². The van der Waals surface area contributed by atoms with E-state index in [-0.39, 0.29) is 19.2 Å². The summed E-state index contributed by atoms with van der Waals surface area (Å²) in [5.74, 6) is -1.15. The Morgan fingerprint density at radius 3 is 2.70 bits per heavy atom. The average Bonchev–Trinajstić information content (AvgIpc) is 2.93. The summed E-state index contributed by atoms with van der Waals surface area (Å²) in [6, 6.07) is 1.54. The maximum absolute atomic E-state index is 13.1. The van der Waals surface area contributed by atoms with Gasteiger partial charge in [-0.3, -0.25) is 5.10 Å². The molecule has 1 aromatic carbocycles. The highest BCUT2D eigenvalue weighted by Crippen LogP contribution is 2.36. The van der Waals surface area contributed by atoms with Crippen LogP contribution in [0.5, 0.6) is 0 Å². The maximum Gasteiger partial charge on any atom is 0.417 e. The minimum Gasteiger partial charge on any atom is -0.281 e. The first kappa shape index (κ1) is 15.9. The van der Waals surface area contributed by atoms with Crippen molar-refractivity contribution in [1.82, 2.24) is 14.5 Å². The molecule has 0 unspecified atom stereocenters. The SMILES string of the molecule is O=S(=O)(c1ccc(F)cc1C(F)(F)F)N1CCc2cn[nH]c2C1. The largest absolute Gasteiger partial charge is 0.417 e. The third kappa shape index (κ3) is 2.83. The number of fused-ring (bicyclic) bond motifs is 1. The molecule has 23 heavy (non-hydrogen) atoms. The molecule has 1 aliphatic heterocycles. The van der Waals surface area contributed by atoms with Crippen molar-refractivity contribution < 1.29 is 26.0 Å². The van der Waals surface area contributed by atoms with Crippen LogP contribution in [0.4, 0.5) is 17.6 Å². The normalized spacial score (nSPS) is 16.3. The van der Waals surface area contributed by atoms with E-state index >= 15 is 0 Å². The zero-order valence-electron chi connectivity index (χ0n) is 11.6. The fraction of sp³-hybridized carbons (Fsp3) is 0.308. The fourth-order valence-corrected chi connectivity index (χ4v) is 4.09. The number of hydrogen-bond acceptors (Lipinski definition) is 3. The van der Waals surface area contributed by atoms with Crippen LogP contribution in [0.2, 0.25) is 0 Å². The second-order valence-electron chi connectivity index (χ2n) is 5.10. The number of sulfonamides is 1. The standard InChI is InChI=1S/C13H11F4N3O2S/c14-9-1-2-12(10(5-9)13(15,16)17)23(21,22)20-4-3-8-6-18-19-11(8)7-20/h1-2,5-6H,3-4,7H2,(H,18,19). The third-order valence-corrected chi connectivity index (χ3v) is 5.54. The van der Waals surface area contributed by atoms with Gasteiger partial charge >= 0.3 is 6.18 Å². The van der Waals surface area contributed by atoms with Gasteiger partial charge in [0.05, 0.1) is 28.9 Å². The molecule has 0 amide bonds. The van der Waals surface area contributed by atoms with E-state index in [9.17, 15) is 26.0 Å². The van der Waals surface area contributed by atoms with Crippen molar-refractivity contribution in [1.29, 1.82) is 0 Å². The Labute approximate surface area is 129 Å². The van der Waals surface area contributed by atoms with Crippen molar-refractivity contribution in [2.75, 3.05) is 6.54 Å². The van der Waals surface area contributed by atoms with Crippen LogP contribution in [0.25, 0.3) is 0 Å². The molecule has 0 saturated carbocycles. The number of halogens is 4. The molecule has 0 atom stereocenters. The van der Waals surface area contributed by atoms with E-state index in [0.29, 0.717) is 24.2 Å². The predicted molar refractivity (Wildman–Crippen MR) is 71.3 cm³/mol. The number of H-pyrrole nitrogens is 1. The summed E-state index contributed by atoms with van der Waals surface area (Å²) in [5, 5.41) is 6.41. The van der Waals surface area contributed by atoms with Crippen molar-refractivity contribution in [3.8, 4) is 0 Å². The first-order chi connectivity index (χ1) is 10.7.